The van der Waals surface area contributed by atoms with Crippen LogP contribution in [0.2, 0.25) is 10.0 Å². The third-order valence-electron chi connectivity index (χ3n) is 3.48. The molecule has 138 valence electrons. The van der Waals surface area contributed by atoms with E-state index in [0.29, 0.717) is 33.6 Å². The highest BCUT2D eigenvalue weighted by atomic mass is 35.5. The van der Waals surface area contributed by atoms with Crippen LogP contribution in [-0.4, -0.2) is 17.9 Å². The van der Waals surface area contributed by atoms with Crippen molar-refractivity contribution in [3.63, 3.8) is 0 Å². The van der Waals surface area contributed by atoms with Gasteiger partial charge in [-0.3, -0.25) is 9.59 Å². The van der Waals surface area contributed by atoms with Gasteiger partial charge in [-0.1, -0.05) is 30.1 Å². The zero-order chi connectivity index (χ0) is 19.1. The molecule has 2 aromatic rings. The van der Waals surface area contributed by atoms with Crippen molar-refractivity contribution < 1.29 is 14.3 Å². The molecule has 0 spiro atoms. The number of nitrogens with one attached hydrogen (secondary N) is 2. The van der Waals surface area contributed by atoms with E-state index in [9.17, 15) is 9.59 Å². The third-order valence-corrected chi connectivity index (χ3v) is 4.01. The van der Waals surface area contributed by atoms with Crippen molar-refractivity contribution in [2.45, 2.75) is 32.8 Å². The molecule has 0 radical (unpaired) electrons. The van der Waals surface area contributed by atoms with Gasteiger partial charge in [-0.05, 0) is 55.8 Å². The molecule has 0 aliphatic rings. The van der Waals surface area contributed by atoms with Crippen LogP contribution in [0.1, 0.15) is 26.7 Å². The predicted octanol–water partition coefficient (Wildman–Crippen LogP) is 5.14. The van der Waals surface area contributed by atoms with Crippen LogP contribution in [0.5, 0.6) is 5.75 Å². The van der Waals surface area contributed by atoms with Gasteiger partial charge in [-0.15, -0.1) is 0 Å². The number of anilines is 2. The number of benzene rings is 2. The molecule has 2 rings (SSSR count). The molecular weight excluding hydrogens is 375 g/mol. The predicted molar refractivity (Wildman–Crippen MR) is 105 cm³/mol. The molecule has 0 fully saturated rings. The van der Waals surface area contributed by atoms with Gasteiger partial charge in [0.15, 0.2) is 6.10 Å². The van der Waals surface area contributed by atoms with E-state index < -0.39 is 6.10 Å². The number of hydrogen-bond acceptors (Lipinski definition) is 3. The first kappa shape index (κ1) is 20.1. The second-order valence-electron chi connectivity index (χ2n) is 5.70. The van der Waals surface area contributed by atoms with E-state index in [4.69, 9.17) is 27.9 Å². The fourth-order valence-corrected chi connectivity index (χ4v) is 2.60. The smallest absolute Gasteiger partial charge is 0.265 e. The van der Waals surface area contributed by atoms with E-state index in [1.807, 2.05) is 6.92 Å². The molecule has 5 nitrogen and oxygen atoms in total. The Balaban J connectivity index is 1.92. The Kier molecular flexibility index (Phi) is 7.30. The van der Waals surface area contributed by atoms with Crippen LogP contribution < -0.4 is 15.4 Å². The lowest BCUT2D eigenvalue weighted by molar-refractivity contribution is -0.122. The largest absolute Gasteiger partial charge is 0.479 e. The quantitative estimate of drug-likeness (QED) is 0.682. The van der Waals surface area contributed by atoms with Crippen LogP contribution in [0.25, 0.3) is 0 Å². The van der Waals surface area contributed by atoms with E-state index in [2.05, 4.69) is 10.6 Å². The van der Waals surface area contributed by atoms with Crippen LogP contribution in [0.4, 0.5) is 11.4 Å². The van der Waals surface area contributed by atoms with Crippen molar-refractivity contribution in [3.8, 4) is 5.75 Å². The summed E-state index contributed by atoms with van der Waals surface area (Å²) in [5.74, 6) is 0.0256. The zero-order valence-electron chi connectivity index (χ0n) is 14.5. The second kappa shape index (κ2) is 9.46. The Hall–Kier alpha value is -2.24. The monoisotopic (exact) mass is 394 g/mol. The molecule has 2 amide bonds. The van der Waals surface area contributed by atoms with Gasteiger partial charge in [0.05, 0.1) is 5.02 Å². The summed E-state index contributed by atoms with van der Waals surface area (Å²) in [7, 11) is 0. The summed E-state index contributed by atoms with van der Waals surface area (Å²) >= 11 is 11.9. The summed E-state index contributed by atoms with van der Waals surface area (Å²) < 4.78 is 5.58. The Morgan fingerprint density at radius 1 is 1.04 bits per heavy atom. The van der Waals surface area contributed by atoms with Gasteiger partial charge in [-0.2, -0.15) is 0 Å². The zero-order valence-corrected chi connectivity index (χ0v) is 16.0. The average Bonchev–Trinajstić information content (AvgIpc) is 2.59. The van der Waals surface area contributed by atoms with Crippen LogP contribution in [0.15, 0.2) is 42.5 Å². The minimum absolute atomic E-state index is 0.0360. The summed E-state index contributed by atoms with van der Waals surface area (Å²) in [6, 6.07) is 11.7. The highest BCUT2D eigenvalue weighted by Gasteiger charge is 2.16. The number of ether oxygens (including phenoxy) is 1. The van der Waals surface area contributed by atoms with E-state index in [1.54, 1.807) is 49.4 Å². The van der Waals surface area contributed by atoms with Crippen molar-refractivity contribution in [1.29, 1.82) is 0 Å². The first-order chi connectivity index (χ1) is 12.4. The van der Waals surface area contributed by atoms with Crippen molar-refractivity contribution in [1.82, 2.24) is 0 Å². The fourth-order valence-electron chi connectivity index (χ4n) is 2.15. The van der Waals surface area contributed by atoms with Gasteiger partial charge in [0.1, 0.15) is 5.75 Å². The molecule has 0 aromatic heterocycles. The normalized spacial score (nSPS) is 11.5. The molecule has 1 atom stereocenters. The lowest BCUT2D eigenvalue weighted by Crippen LogP contribution is -2.30. The highest BCUT2D eigenvalue weighted by molar-refractivity contribution is 6.35. The van der Waals surface area contributed by atoms with Crippen molar-refractivity contribution in [2.75, 3.05) is 10.6 Å². The number of halogens is 2. The summed E-state index contributed by atoms with van der Waals surface area (Å²) in [5, 5.41) is 6.37. The maximum absolute atomic E-state index is 12.3. The highest BCUT2D eigenvalue weighted by Crippen LogP contribution is 2.28. The summed E-state index contributed by atoms with van der Waals surface area (Å²) in [4.78, 5) is 23.8. The lowest BCUT2D eigenvalue weighted by atomic mass is 10.2. The number of rotatable bonds is 7. The lowest BCUT2D eigenvalue weighted by Gasteiger charge is -2.16. The maximum Gasteiger partial charge on any atom is 0.265 e. The van der Waals surface area contributed by atoms with Gasteiger partial charge >= 0.3 is 0 Å². The molecular formula is C19H20Cl2N2O3. The molecule has 0 aliphatic carbocycles. The number of carbonyl (C=O) groups is 2. The first-order valence-corrected chi connectivity index (χ1v) is 8.97. The molecule has 0 saturated heterocycles. The van der Waals surface area contributed by atoms with Gasteiger partial charge in [0, 0.05) is 22.8 Å². The number of carbonyl (C=O) groups excluding carboxylic acids is 2. The summed E-state index contributed by atoms with van der Waals surface area (Å²) in [6.07, 6.45) is 0.508. The SMILES string of the molecule is CCCC(=O)Nc1ccc(NC(=O)C(C)Oc2ccc(Cl)cc2Cl)cc1. The molecule has 7 heteroatoms. The molecule has 0 heterocycles. The summed E-state index contributed by atoms with van der Waals surface area (Å²) in [5.41, 5.74) is 1.28. The van der Waals surface area contributed by atoms with E-state index in [-0.39, 0.29) is 11.8 Å². The molecule has 1 unspecified atom stereocenters. The van der Waals surface area contributed by atoms with E-state index in [1.165, 1.54) is 0 Å². The van der Waals surface area contributed by atoms with Gasteiger partial charge in [-0.25, -0.2) is 0 Å². The average molecular weight is 395 g/mol. The number of hydrogen-bond donors (Lipinski definition) is 2. The standard InChI is InChI=1S/C19H20Cl2N2O3/c1-3-4-18(24)22-14-6-8-15(9-7-14)23-19(25)12(2)26-17-10-5-13(20)11-16(17)21/h5-12H,3-4H2,1-2H3,(H,22,24)(H,23,25). The molecule has 2 aromatic carbocycles. The Bertz CT molecular complexity index is 779. The van der Waals surface area contributed by atoms with E-state index >= 15 is 0 Å². The second-order valence-corrected chi connectivity index (χ2v) is 6.54. The van der Waals surface area contributed by atoms with Crippen molar-refractivity contribution >= 4 is 46.4 Å². The Morgan fingerprint density at radius 3 is 2.23 bits per heavy atom. The minimum Gasteiger partial charge on any atom is -0.479 e. The Morgan fingerprint density at radius 2 is 1.65 bits per heavy atom. The molecule has 0 saturated carbocycles. The summed E-state index contributed by atoms with van der Waals surface area (Å²) in [6.45, 7) is 3.57. The molecule has 26 heavy (non-hydrogen) atoms. The minimum atomic E-state index is -0.752. The maximum atomic E-state index is 12.3. The van der Waals surface area contributed by atoms with Crippen LogP contribution in [-0.2, 0) is 9.59 Å². The van der Waals surface area contributed by atoms with Crippen molar-refractivity contribution in [2.24, 2.45) is 0 Å². The van der Waals surface area contributed by atoms with Gasteiger partial charge in [0.2, 0.25) is 5.91 Å². The molecule has 0 bridgehead atoms. The topological polar surface area (TPSA) is 67.4 Å². The fraction of sp³-hybridized carbons (Fsp3) is 0.263. The number of amides is 2. The van der Waals surface area contributed by atoms with Crippen LogP contribution in [0.3, 0.4) is 0 Å². The van der Waals surface area contributed by atoms with Gasteiger partial charge in [0.25, 0.3) is 5.91 Å². The van der Waals surface area contributed by atoms with Crippen LogP contribution in [0, 0.1) is 0 Å². The first-order valence-electron chi connectivity index (χ1n) is 8.21. The third kappa shape index (κ3) is 5.93. The Labute approximate surface area is 162 Å². The molecule has 0 aliphatic heterocycles. The van der Waals surface area contributed by atoms with Crippen molar-refractivity contribution in [3.05, 3.63) is 52.5 Å². The molecule has 2 N–H and O–H groups in total. The van der Waals surface area contributed by atoms with Crippen LogP contribution >= 0.6 is 23.2 Å². The van der Waals surface area contributed by atoms with Gasteiger partial charge < -0.3 is 15.4 Å². The van der Waals surface area contributed by atoms with E-state index in [0.717, 1.165) is 6.42 Å².